The average molecular weight is 254 g/mol. The number of piperazine rings is 1. The summed E-state index contributed by atoms with van der Waals surface area (Å²) in [7, 11) is 0. The quantitative estimate of drug-likeness (QED) is 0.832. The van der Waals surface area contributed by atoms with Crippen molar-refractivity contribution in [2.45, 2.75) is 49.8 Å². The van der Waals surface area contributed by atoms with Crippen LogP contribution in [0.5, 0.6) is 0 Å². The number of thioether (sulfide) groups is 1. The number of hydrogen-bond donors (Lipinski definition) is 1. The Hall–Kier alpha value is 0.270. The fourth-order valence-corrected chi connectivity index (χ4v) is 5.01. The third-order valence-electron chi connectivity index (χ3n) is 4.85. The SMILES string of the molecule is CC1(CN2CCNC(C)(C3CC3)C2)CCCS1. The summed E-state index contributed by atoms with van der Waals surface area (Å²) in [5.74, 6) is 2.33. The fourth-order valence-electron chi connectivity index (χ4n) is 3.66. The number of rotatable bonds is 3. The monoisotopic (exact) mass is 254 g/mol. The normalized spacial score (nSPS) is 44.1. The topological polar surface area (TPSA) is 15.3 Å². The average Bonchev–Trinajstić information content (AvgIpc) is 3.04. The van der Waals surface area contributed by atoms with Crippen LogP contribution in [-0.4, -0.2) is 47.1 Å². The number of hydrogen-bond acceptors (Lipinski definition) is 3. The highest BCUT2D eigenvalue weighted by Crippen LogP contribution is 2.42. The van der Waals surface area contributed by atoms with E-state index >= 15 is 0 Å². The summed E-state index contributed by atoms with van der Waals surface area (Å²) in [5.41, 5.74) is 0.415. The molecule has 2 heterocycles. The van der Waals surface area contributed by atoms with Crippen LogP contribution in [0, 0.1) is 5.92 Å². The van der Waals surface area contributed by atoms with E-state index in [9.17, 15) is 0 Å². The molecule has 2 nitrogen and oxygen atoms in total. The molecule has 2 atom stereocenters. The third-order valence-corrected chi connectivity index (χ3v) is 6.37. The molecule has 0 aromatic heterocycles. The van der Waals surface area contributed by atoms with Crippen molar-refractivity contribution in [1.82, 2.24) is 10.2 Å². The molecule has 3 fully saturated rings. The molecule has 0 spiro atoms. The number of nitrogens with zero attached hydrogens (tertiary/aromatic N) is 1. The summed E-state index contributed by atoms with van der Waals surface area (Å²) in [6, 6.07) is 0. The smallest absolute Gasteiger partial charge is 0.0309 e. The Morgan fingerprint density at radius 3 is 2.82 bits per heavy atom. The van der Waals surface area contributed by atoms with Gasteiger partial charge in [-0.3, -0.25) is 4.90 Å². The molecule has 0 aromatic rings. The first kappa shape index (κ1) is 12.3. The fraction of sp³-hybridized carbons (Fsp3) is 1.00. The zero-order chi connectivity index (χ0) is 11.9. The van der Waals surface area contributed by atoms with E-state index < -0.39 is 0 Å². The van der Waals surface area contributed by atoms with Crippen molar-refractivity contribution in [3.63, 3.8) is 0 Å². The second-order valence-electron chi connectivity index (χ2n) is 6.73. The molecule has 17 heavy (non-hydrogen) atoms. The second kappa shape index (κ2) is 4.43. The van der Waals surface area contributed by atoms with Crippen molar-refractivity contribution >= 4 is 11.8 Å². The van der Waals surface area contributed by atoms with Crippen molar-refractivity contribution in [2.75, 3.05) is 31.9 Å². The third kappa shape index (κ3) is 2.66. The zero-order valence-corrected chi connectivity index (χ0v) is 12.1. The van der Waals surface area contributed by atoms with Gasteiger partial charge in [0.05, 0.1) is 0 Å². The lowest BCUT2D eigenvalue weighted by atomic mass is 9.92. The predicted molar refractivity (Wildman–Crippen MR) is 75.7 cm³/mol. The Balaban J connectivity index is 1.59. The molecule has 98 valence electrons. The molecule has 1 aliphatic carbocycles. The van der Waals surface area contributed by atoms with Gasteiger partial charge in [0, 0.05) is 36.5 Å². The highest BCUT2D eigenvalue weighted by Gasteiger charge is 2.44. The Morgan fingerprint density at radius 1 is 1.35 bits per heavy atom. The van der Waals surface area contributed by atoms with Gasteiger partial charge in [-0.1, -0.05) is 0 Å². The standard InChI is InChI=1S/C14H26N2S/c1-13(6-3-9-17-13)10-16-8-7-15-14(2,11-16)12-4-5-12/h12,15H,3-11H2,1-2H3. The lowest BCUT2D eigenvalue weighted by molar-refractivity contribution is 0.118. The van der Waals surface area contributed by atoms with E-state index in [1.165, 1.54) is 57.6 Å². The zero-order valence-electron chi connectivity index (χ0n) is 11.3. The molecule has 2 unspecified atom stereocenters. The first-order valence-corrected chi connectivity index (χ1v) is 8.20. The van der Waals surface area contributed by atoms with Crippen molar-refractivity contribution in [3.8, 4) is 0 Å². The highest BCUT2D eigenvalue weighted by molar-refractivity contribution is 8.00. The maximum atomic E-state index is 3.78. The molecule has 0 amide bonds. The molecular weight excluding hydrogens is 228 g/mol. The first-order chi connectivity index (χ1) is 8.10. The molecule has 0 aromatic carbocycles. The van der Waals surface area contributed by atoms with Gasteiger partial charge < -0.3 is 5.32 Å². The van der Waals surface area contributed by atoms with Crippen LogP contribution in [0.3, 0.4) is 0 Å². The molecule has 3 rings (SSSR count). The van der Waals surface area contributed by atoms with Gasteiger partial charge in [-0.2, -0.15) is 11.8 Å². The Kier molecular flexibility index (Phi) is 3.21. The summed E-state index contributed by atoms with van der Waals surface area (Å²) in [6.45, 7) is 9.93. The van der Waals surface area contributed by atoms with Crippen LogP contribution in [0.2, 0.25) is 0 Å². The summed E-state index contributed by atoms with van der Waals surface area (Å²) >= 11 is 2.20. The van der Waals surface area contributed by atoms with Crippen molar-refractivity contribution < 1.29 is 0 Å². The van der Waals surface area contributed by atoms with Gasteiger partial charge in [-0.15, -0.1) is 0 Å². The van der Waals surface area contributed by atoms with Crippen LogP contribution in [0.25, 0.3) is 0 Å². The van der Waals surface area contributed by atoms with Crippen LogP contribution in [0.4, 0.5) is 0 Å². The molecule has 3 heteroatoms. The van der Waals surface area contributed by atoms with Crippen molar-refractivity contribution in [1.29, 1.82) is 0 Å². The number of nitrogens with one attached hydrogen (secondary N) is 1. The van der Waals surface area contributed by atoms with Crippen LogP contribution in [0.15, 0.2) is 0 Å². The largest absolute Gasteiger partial charge is 0.309 e. The molecule has 0 radical (unpaired) electrons. The van der Waals surface area contributed by atoms with E-state index in [-0.39, 0.29) is 0 Å². The van der Waals surface area contributed by atoms with E-state index in [0.29, 0.717) is 10.3 Å². The van der Waals surface area contributed by atoms with E-state index in [2.05, 4.69) is 35.8 Å². The Bertz CT molecular complexity index is 282. The summed E-state index contributed by atoms with van der Waals surface area (Å²) in [6.07, 6.45) is 5.74. The molecule has 0 bridgehead atoms. The van der Waals surface area contributed by atoms with Crippen LogP contribution in [-0.2, 0) is 0 Å². The van der Waals surface area contributed by atoms with Gasteiger partial charge in [0.1, 0.15) is 0 Å². The minimum absolute atomic E-state index is 0.415. The summed E-state index contributed by atoms with van der Waals surface area (Å²) < 4.78 is 0.543. The van der Waals surface area contributed by atoms with Gasteiger partial charge in [-0.25, -0.2) is 0 Å². The van der Waals surface area contributed by atoms with E-state index in [1.807, 2.05) is 0 Å². The molecule has 2 aliphatic heterocycles. The predicted octanol–water partition coefficient (Wildman–Crippen LogP) is 2.35. The minimum Gasteiger partial charge on any atom is -0.309 e. The molecule has 1 N–H and O–H groups in total. The van der Waals surface area contributed by atoms with Gasteiger partial charge in [0.25, 0.3) is 0 Å². The lowest BCUT2D eigenvalue weighted by Gasteiger charge is -2.44. The highest BCUT2D eigenvalue weighted by atomic mass is 32.2. The Morgan fingerprint density at radius 2 is 2.18 bits per heavy atom. The maximum Gasteiger partial charge on any atom is 0.0309 e. The molecule has 3 aliphatic rings. The van der Waals surface area contributed by atoms with Gasteiger partial charge in [-0.05, 0) is 51.2 Å². The van der Waals surface area contributed by atoms with Crippen LogP contribution >= 0.6 is 11.8 Å². The summed E-state index contributed by atoms with van der Waals surface area (Å²) in [5, 5.41) is 3.78. The Labute approximate surface area is 110 Å². The summed E-state index contributed by atoms with van der Waals surface area (Å²) in [4.78, 5) is 2.73. The molecular formula is C14H26N2S. The minimum atomic E-state index is 0.415. The van der Waals surface area contributed by atoms with E-state index in [0.717, 1.165) is 5.92 Å². The van der Waals surface area contributed by atoms with E-state index in [1.54, 1.807) is 0 Å². The first-order valence-electron chi connectivity index (χ1n) is 7.21. The lowest BCUT2D eigenvalue weighted by Crippen LogP contribution is -2.61. The van der Waals surface area contributed by atoms with Crippen LogP contribution < -0.4 is 5.32 Å². The van der Waals surface area contributed by atoms with Gasteiger partial charge in [0.2, 0.25) is 0 Å². The van der Waals surface area contributed by atoms with E-state index in [4.69, 9.17) is 0 Å². The molecule has 2 saturated heterocycles. The van der Waals surface area contributed by atoms with Crippen molar-refractivity contribution in [2.24, 2.45) is 5.92 Å². The van der Waals surface area contributed by atoms with Crippen LogP contribution in [0.1, 0.15) is 39.5 Å². The second-order valence-corrected chi connectivity index (χ2v) is 8.41. The van der Waals surface area contributed by atoms with Crippen molar-refractivity contribution in [3.05, 3.63) is 0 Å². The molecule has 1 saturated carbocycles. The van der Waals surface area contributed by atoms with Gasteiger partial charge in [0.15, 0.2) is 0 Å². The van der Waals surface area contributed by atoms with Gasteiger partial charge >= 0.3 is 0 Å². The maximum absolute atomic E-state index is 3.78.